The number of nitrogens with zero attached hydrogens (tertiary/aromatic N) is 1. The van der Waals surface area contributed by atoms with E-state index in [-0.39, 0.29) is 18.4 Å². The van der Waals surface area contributed by atoms with E-state index in [4.69, 9.17) is 9.47 Å². The fraction of sp³-hybridized carbons (Fsp3) is 0.846. The lowest BCUT2D eigenvalue weighted by Gasteiger charge is -2.27. The van der Waals surface area contributed by atoms with Gasteiger partial charge in [0.25, 0.3) is 0 Å². The molecule has 1 atom stereocenters. The SMILES string of the molecule is CCOCC(=O)[C@@H]1CCCN1C(=O)OC(C)(C)C. The Hall–Kier alpha value is -1.10. The lowest BCUT2D eigenvalue weighted by molar-refractivity contribution is -0.127. The smallest absolute Gasteiger partial charge is 0.410 e. The molecular weight excluding hydrogens is 234 g/mol. The first-order chi connectivity index (χ1) is 8.35. The van der Waals surface area contributed by atoms with Gasteiger partial charge in [0.05, 0.1) is 6.04 Å². The van der Waals surface area contributed by atoms with Gasteiger partial charge in [0.15, 0.2) is 5.78 Å². The molecule has 0 aromatic rings. The number of rotatable bonds is 4. The highest BCUT2D eigenvalue weighted by atomic mass is 16.6. The molecule has 1 rings (SSSR count). The Morgan fingerprint density at radius 3 is 2.56 bits per heavy atom. The van der Waals surface area contributed by atoms with Crippen molar-refractivity contribution < 1.29 is 19.1 Å². The first-order valence-corrected chi connectivity index (χ1v) is 6.45. The first-order valence-electron chi connectivity index (χ1n) is 6.45. The van der Waals surface area contributed by atoms with Crippen molar-refractivity contribution in [3.8, 4) is 0 Å². The average molecular weight is 257 g/mol. The zero-order chi connectivity index (χ0) is 13.8. The summed E-state index contributed by atoms with van der Waals surface area (Å²) in [5, 5.41) is 0. The van der Waals surface area contributed by atoms with Crippen molar-refractivity contribution in [2.45, 2.75) is 52.2 Å². The highest BCUT2D eigenvalue weighted by Gasteiger charge is 2.36. The molecular formula is C13H23NO4. The second-order valence-electron chi connectivity index (χ2n) is 5.44. The van der Waals surface area contributed by atoms with Crippen LogP contribution >= 0.6 is 0 Å². The van der Waals surface area contributed by atoms with E-state index in [1.165, 1.54) is 4.90 Å². The number of ether oxygens (including phenoxy) is 2. The minimum atomic E-state index is -0.535. The Labute approximate surface area is 108 Å². The van der Waals surface area contributed by atoms with Gasteiger partial charge in [-0.05, 0) is 40.5 Å². The van der Waals surface area contributed by atoms with Gasteiger partial charge in [-0.15, -0.1) is 0 Å². The zero-order valence-electron chi connectivity index (χ0n) is 11.7. The molecule has 0 aliphatic carbocycles. The van der Waals surface area contributed by atoms with Crippen LogP contribution in [0.3, 0.4) is 0 Å². The Morgan fingerprint density at radius 2 is 2.00 bits per heavy atom. The summed E-state index contributed by atoms with van der Waals surface area (Å²) in [6.07, 6.45) is 1.13. The van der Waals surface area contributed by atoms with Gasteiger partial charge in [0, 0.05) is 13.2 Å². The van der Waals surface area contributed by atoms with Crippen LogP contribution in [0.15, 0.2) is 0 Å². The topological polar surface area (TPSA) is 55.8 Å². The number of amides is 1. The maximum atomic E-state index is 12.0. The summed E-state index contributed by atoms with van der Waals surface area (Å²) in [5.41, 5.74) is -0.535. The summed E-state index contributed by atoms with van der Waals surface area (Å²) in [6, 6.07) is -0.383. The largest absolute Gasteiger partial charge is 0.444 e. The van der Waals surface area contributed by atoms with Crippen LogP contribution in [-0.2, 0) is 14.3 Å². The molecule has 0 saturated carbocycles. The summed E-state index contributed by atoms with van der Waals surface area (Å²) in [7, 11) is 0. The van der Waals surface area contributed by atoms with Gasteiger partial charge < -0.3 is 9.47 Å². The van der Waals surface area contributed by atoms with Crippen LogP contribution in [0.4, 0.5) is 4.79 Å². The number of carbonyl (C=O) groups excluding carboxylic acids is 2. The highest BCUT2D eigenvalue weighted by Crippen LogP contribution is 2.21. The monoisotopic (exact) mass is 257 g/mol. The molecule has 5 heteroatoms. The molecule has 104 valence electrons. The number of ketones is 1. The average Bonchev–Trinajstić information content (AvgIpc) is 2.72. The summed E-state index contributed by atoms with van der Waals surface area (Å²) in [6.45, 7) is 8.45. The second kappa shape index (κ2) is 6.18. The summed E-state index contributed by atoms with van der Waals surface area (Å²) in [4.78, 5) is 25.4. The van der Waals surface area contributed by atoms with Gasteiger partial charge in [-0.25, -0.2) is 4.79 Å². The van der Waals surface area contributed by atoms with Crippen LogP contribution in [0.1, 0.15) is 40.5 Å². The van der Waals surface area contributed by atoms with E-state index in [9.17, 15) is 9.59 Å². The van der Waals surface area contributed by atoms with E-state index in [0.717, 1.165) is 6.42 Å². The van der Waals surface area contributed by atoms with E-state index in [1.807, 2.05) is 27.7 Å². The minimum absolute atomic E-state index is 0.0415. The quantitative estimate of drug-likeness (QED) is 0.773. The minimum Gasteiger partial charge on any atom is -0.444 e. The molecule has 1 heterocycles. The fourth-order valence-electron chi connectivity index (χ4n) is 1.94. The van der Waals surface area contributed by atoms with E-state index in [1.54, 1.807) is 0 Å². The number of carbonyl (C=O) groups is 2. The third-order valence-corrected chi connectivity index (χ3v) is 2.70. The van der Waals surface area contributed by atoms with Gasteiger partial charge in [-0.2, -0.15) is 0 Å². The molecule has 1 aliphatic rings. The Kier molecular flexibility index (Phi) is 5.14. The standard InChI is InChI=1S/C13H23NO4/c1-5-17-9-11(15)10-7-6-8-14(10)12(16)18-13(2,3)4/h10H,5-9H2,1-4H3/t10-/m0/s1. The molecule has 0 aromatic carbocycles. The highest BCUT2D eigenvalue weighted by molar-refractivity contribution is 5.88. The van der Waals surface area contributed by atoms with Crippen molar-refractivity contribution in [2.24, 2.45) is 0 Å². The second-order valence-corrected chi connectivity index (χ2v) is 5.44. The van der Waals surface area contributed by atoms with Gasteiger partial charge in [-0.1, -0.05) is 0 Å². The van der Waals surface area contributed by atoms with E-state index in [2.05, 4.69) is 0 Å². The van der Waals surface area contributed by atoms with Crippen LogP contribution in [0, 0.1) is 0 Å². The maximum absolute atomic E-state index is 12.0. The van der Waals surface area contributed by atoms with Crippen LogP contribution < -0.4 is 0 Å². The number of hydrogen-bond acceptors (Lipinski definition) is 4. The predicted octanol–water partition coefficient (Wildman–Crippen LogP) is 1.99. The summed E-state index contributed by atoms with van der Waals surface area (Å²) in [5.74, 6) is -0.0415. The fourth-order valence-corrected chi connectivity index (χ4v) is 1.94. The van der Waals surface area contributed by atoms with Crippen LogP contribution in [0.25, 0.3) is 0 Å². The van der Waals surface area contributed by atoms with Crippen molar-refractivity contribution in [3.63, 3.8) is 0 Å². The van der Waals surface area contributed by atoms with Crippen LogP contribution in [0.5, 0.6) is 0 Å². The Bertz CT molecular complexity index is 309. The normalized spacial score (nSPS) is 20.0. The Balaban J connectivity index is 2.59. The van der Waals surface area contributed by atoms with Crippen molar-refractivity contribution in [1.82, 2.24) is 4.90 Å². The van der Waals surface area contributed by atoms with Gasteiger partial charge in [0.2, 0.25) is 0 Å². The molecule has 1 fully saturated rings. The van der Waals surface area contributed by atoms with Crippen LogP contribution in [-0.4, -0.2) is 48.2 Å². The van der Waals surface area contributed by atoms with Crippen molar-refractivity contribution in [2.75, 3.05) is 19.8 Å². The van der Waals surface area contributed by atoms with Crippen molar-refractivity contribution in [3.05, 3.63) is 0 Å². The molecule has 1 saturated heterocycles. The number of likely N-dealkylation sites (tertiary alicyclic amines) is 1. The van der Waals surface area contributed by atoms with E-state index < -0.39 is 11.7 Å². The molecule has 1 amide bonds. The Morgan fingerprint density at radius 1 is 1.33 bits per heavy atom. The predicted molar refractivity (Wildman–Crippen MR) is 67.5 cm³/mol. The molecule has 0 N–H and O–H groups in total. The van der Waals surface area contributed by atoms with E-state index in [0.29, 0.717) is 19.6 Å². The zero-order valence-corrected chi connectivity index (χ0v) is 11.7. The molecule has 0 unspecified atom stereocenters. The molecule has 18 heavy (non-hydrogen) atoms. The first kappa shape index (κ1) is 15.0. The lowest BCUT2D eigenvalue weighted by atomic mass is 10.1. The molecule has 1 aliphatic heterocycles. The van der Waals surface area contributed by atoms with Gasteiger partial charge >= 0.3 is 6.09 Å². The molecule has 5 nitrogen and oxygen atoms in total. The van der Waals surface area contributed by atoms with Crippen molar-refractivity contribution >= 4 is 11.9 Å². The third kappa shape index (κ3) is 4.29. The van der Waals surface area contributed by atoms with Crippen molar-refractivity contribution in [1.29, 1.82) is 0 Å². The summed E-state index contributed by atoms with van der Waals surface area (Å²) < 4.78 is 10.4. The van der Waals surface area contributed by atoms with Crippen LogP contribution in [0.2, 0.25) is 0 Å². The molecule has 0 aromatic heterocycles. The molecule has 0 radical (unpaired) electrons. The number of Topliss-reactive ketones (excluding diaryl/α,β-unsaturated/α-hetero) is 1. The maximum Gasteiger partial charge on any atom is 0.410 e. The van der Waals surface area contributed by atoms with E-state index >= 15 is 0 Å². The third-order valence-electron chi connectivity index (χ3n) is 2.70. The van der Waals surface area contributed by atoms with Gasteiger partial charge in [-0.3, -0.25) is 9.69 Å². The van der Waals surface area contributed by atoms with Gasteiger partial charge in [0.1, 0.15) is 12.2 Å². The lowest BCUT2D eigenvalue weighted by Crippen LogP contribution is -2.44. The summed E-state index contributed by atoms with van der Waals surface area (Å²) >= 11 is 0. The molecule has 0 spiro atoms. The number of hydrogen-bond donors (Lipinski definition) is 0. The molecule has 0 bridgehead atoms.